The summed E-state index contributed by atoms with van der Waals surface area (Å²) in [5.74, 6) is -0.367. The first-order valence-corrected chi connectivity index (χ1v) is 9.62. The number of hydrogen-bond acceptors (Lipinski definition) is 5. The molecule has 0 aliphatic rings. The minimum absolute atomic E-state index is 0.194. The van der Waals surface area contributed by atoms with Gasteiger partial charge in [-0.05, 0) is 29.8 Å². The number of para-hydroxylation sites is 1. The monoisotopic (exact) mass is 371 g/mol. The van der Waals surface area contributed by atoms with Gasteiger partial charge in [-0.15, -0.1) is 5.10 Å². The van der Waals surface area contributed by atoms with E-state index < -0.39 is 10.0 Å². The molecule has 3 rings (SSSR count). The van der Waals surface area contributed by atoms with E-state index in [0.717, 1.165) is 17.5 Å². The highest BCUT2D eigenvalue weighted by atomic mass is 32.2. The van der Waals surface area contributed by atoms with Crippen LogP contribution in [-0.4, -0.2) is 35.6 Å². The molecule has 8 nitrogen and oxygen atoms in total. The van der Waals surface area contributed by atoms with Crippen molar-refractivity contribution in [1.29, 1.82) is 0 Å². The molecule has 2 N–H and O–H groups in total. The van der Waals surface area contributed by atoms with Crippen molar-refractivity contribution in [3.63, 3.8) is 0 Å². The number of anilines is 1. The van der Waals surface area contributed by atoms with Crippen molar-refractivity contribution in [3.05, 3.63) is 72.1 Å². The van der Waals surface area contributed by atoms with Crippen molar-refractivity contribution in [2.24, 2.45) is 0 Å². The van der Waals surface area contributed by atoms with Crippen LogP contribution >= 0.6 is 0 Å². The standard InChI is InChI=1S/C17H17N5O3S/c1-26(24,25)20-14-7-5-6-13(10-14)11-18-17(23)16-12-22(21-19-16)15-8-3-2-4-9-15/h2-10,12,20H,11H2,1H3,(H,18,23). The Hall–Kier alpha value is -3.20. The van der Waals surface area contributed by atoms with E-state index in [9.17, 15) is 13.2 Å². The van der Waals surface area contributed by atoms with E-state index in [0.29, 0.717) is 5.69 Å². The number of nitrogens with zero attached hydrogens (tertiary/aromatic N) is 3. The highest BCUT2D eigenvalue weighted by Gasteiger charge is 2.11. The third-order valence-electron chi connectivity index (χ3n) is 3.43. The summed E-state index contributed by atoms with van der Waals surface area (Å²) in [6.45, 7) is 0.232. The van der Waals surface area contributed by atoms with Gasteiger partial charge in [0.05, 0.1) is 18.1 Å². The van der Waals surface area contributed by atoms with Gasteiger partial charge in [-0.2, -0.15) is 0 Å². The molecule has 0 unspecified atom stereocenters. The normalized spacial score (nSPS) is 11.1. The molecule has 1 heterocycles. The van der Waals surface area contributed by atoms with Crippen molar-refractivity contribution in [2.45, 2.75) is 6.54 Å². The fourth-order valence-electron chi connectivity index (χ4n) is 2.31. The molecule has 0 aliphatic carbocycles. The second kappa shape index (κ2) is 7.36. The lowest BCUT2D eigenvalue weighted by molar-refractivity contribution is 0.0946. The van der Waals surface area contributed by atoms with E-state index in [-0.39, 0.29) is 18.1 Å². The molecular formula is C17H17N5O3S. The topological polar surface area (TPSA) is 106 Å². The highest BCUT2D eigenvalue weighted by molar-refractivity contribution is 7.92. The van der Waals surface area contributed by atoms with E-state index in [1.807, 2.05) is 30.3 Å². The Labute approximate surface area is 150 Å². The molecule has 0 saturated heterocycles. The van der Waals surface area contributed by atoms with Crippen LogP contribution in [0.3, 0.4) is 0 Å². The van der Waals surface area contributed by atoms with Gasteiger partial charge in [0.25, 0.3) is 5.91 Å². The third-order valence-corrected chi connectivity index (χ3v) is 4.04. The summed E-state index contributed by atoms with van der Waals surface area (Å²) >= 11 is 0. The van der Waals surface area contributed by atoms with Gasteiger partial charge < -0.3 is 5.32 Å². The molecule has 1 amide bonds. The molecule has 0 radical (unpaired) electrons. The highest BCUT2D eigenvalue weighted by Crippen LogP contribution is 2.12. The minimum atomic E-state index is -3.35. The SMILES string of the molecule is CS(=O)(=O)Nc1cccc(CNC(=O)c2cn(-c3ccccc3)nn2)c1. The number of aromatic nitrogens is 3. The van der Waals surface area contributed by atoms with Crippen molar-refractivity contribution in [1.82, 2.24) is 20.3 Å². The Kier molecular flexibility index (Phi) is 4.99. The summed E-state index contributed by atoms with van der Waals surface area (Å²) in [6.07, 6.45) is 2.63. The summed E-state index contributed by atoms with van der Waals surface area (Å²) in [5.41, 5.74) is 2.19. The lowest BCUT2D eigenvalue weighted by Gasteiger charge is -2.07. The molecule has 9 heteroatoms. The van der Waals surface area contributed by atoms with Crippen LogP contribution < -0.4 is 10.0 Å². The first kappa shape index (κ1) is 17.6. The predicted octanol–water partition coefficient (Wildman–Crippen LogP) is 1.57. The Morgan fingerprint density at radius 3 is 2.62 bits per heavy atom. The number of hydrogen-bond donors (Lipinski definition) is 2. The van der Waals surface area contributed by atoms with E-state index in [1.54, 1.807) is 30.5 Å². The number of rotatable bonds is 6. The molecule has 3 aromatic rings. The van der Waals surface area contributed by atoms with Crippen molar-refractivity contribution >= 4 is 21.6 Å². The quantitative estimate of drug-likeness (QED) is 0.684. The zero-order chi connectivity index (χ0) is 18.6. The van der Waals surface area contributed by atoms with Gasteiger partial charge in [0, 0.05) is 12.2 Å². The summed E-state index contributed by atoms with van der Waals surface area (Å²) in [4.78, 5) is 12.2. The van der Waals surface area contributed by atoms with Crippen LogP contribution in [0.15, 0.2) is 60.8 Å². The van der Waals surface area contributed by atoms with Crippen LogP contribution in [0.5, 0.6) is 0 Å². The molecule has 0 aliphatic heterocycles. The van der Waals surface area contributed by atoms with E-state index >= 15 is 0 Å². The van der Waals surface area contributed by atoms with Crippen LogP contribution in [-0.2, 0) is 16.6 Å². The van der Waals surface area contributed by atoms with Crippen LogP contribution in [0.4, 0.5) is 5.69 Å². The van der Waals surface area contributed by atoms with Crippen LogP contribution in [0, 0.1) is 0 Å². The molecule has 0 bridgehead atoms. The summed E-state index contributed by atoms with van der Waals surface area (Å²) in [5, 5.41) is 10.6. The lowest BCUT2D eigenvalue weighted by Crippen LogP contribution is -2.23. The van der Waals surface area contributed by atoms with Crippen LogP contribution in [0.25, 0.3) is 5.69 Å². The molecule has 0 saturated carbocycles. The summed E-state index contributed by atoms with van der Waals surface area (Å²) in [7, 11) is -3.35. The van der Waals surface area contributed by atoms with E-state index in [4.69, 9.17) is 0 Å². The van der Waals surface area contributed by atoms with Crippen LogP contribution in [0.1, 0.15) is 16.1 Å². The maximum atomic E-state index is 12.2. The molecule has 2 aromatic carbocycles. The fourth-order valence-corrected chi connectivity index (χ4v) is 2.86. The number of benzene rings is 2. The molecule has 0 fully saturated rings. The summed E-state index contributed by atoms with van der Waals surface area (Å²) < 4.78 is 26.5. The third kappa shape index (κ3) is 4.67. The zero-order valence-electron chi connectivity index (χ0n) is 14.0. The van der Waals surface area contributed by atoms with Crippen molar-refractivity contribution in [3.8, 4) is 5.69 Å². The van der Waals surface area contributed by atoms with Gasteiger partial charge >= 0.3 is 0 Å². The van der Waals surface area contributed by atoms with Gasteiger partial charge in [-0.25, -0.2) is 13.1 Å². The molecule has 0 atom stereocenters. The van der Waals surface area contributed by atoms with Crippen molar-refractivity contribution in [2.75, 3.05) is 11.0 Å². The first-order chi connectivity index (χ1) is 12.4. The maximum absolute atomic E-state index is 12.2. The Morgan fingerprint density at radius 2 is 1.88 bits per heavy atom. The zero-order valence-corrected chi connectivity index (χ0v) is 14.8. The predicted molar refractivity (Wildman–Crippen MR) is 97.4 cm³/mol. The number of amides is 1. The minimum Gasteiger partial charge on any atom is -0.347 e. The summed E-state index contributed by atoms with van der Waals surface area (Å²) in [6, 6.07) is 16.1. The Bertz CT molecular complexity index is 1020. The number of carbonyl (C=O) groups excluding carboxylic acids is 1. The van der Waals surface area contributed by atoms with Crippen LogP contribution in [0.2, 0.25) is 0 Å². The maximum Gasteiger partial charge on any atom is 0.273 e. The first-order valence-electron chi connectivity index (χ1n) is 7.73. The lowest BCUT2D eigenvalue weighted by atomic mass is 10.2. The fraction of sp³-hybridized carbons (Fsp3) is 0.118. The second-order valence-electron chi connectivity index (χ2n) is 5.64. The van der Waals surface area contributed by atoms with Gasteiger partial charge in [0.1, 0.15) is 0 Å². The van der Waals surface area contributed by atoms with Gasteiger partial charge in [-0.1, -0.05) is 35.5 Å². The average Bonchev–Trinajstić information content (AvgIpc) is 3.09. The number of sulfonamides is 1. The van der Waals surface area contributed by atoms with Gasteiger partial charge in [0.2, 0.25) is 10.0 Å². The molecule has 26 heavy (non-hydrogen) atoms. The Balaban J connectivity index is 1.64. The molecule has 1 aromatic heterocycles. The molecular weight excluding hydrogens is 354 g/mol. The molecule has 134 valence electrons. The smallest absolute Gasteiger partial charge is 0.273 e. The van der Waals surface area contributed by atoms with Crippen molar-refractivity contribution < 1.29 is 13.2 Å². The second-order valence-corrected chi connectivity index (χ2v) is 7.39. The van der Waals surface area contributed by atoms with E-state index in [2.05, 4.69) is 20.4 Å². The van der Waals surface area contributed by atoms with Gasteiger partial charge in [0.15, 0.2) is 5.69 Å². The number of nitrogens with one attached hydrogen (secondary N) is 2. The van der Waals surface area contributed by atoms with Gasteiger partial charge in [-0.3, -0.25) is 9.52 Å². The largest absolute Gasteiger partial charge is 0.347 e. The Morgan fingerprint density at radius 1 is 1.12 bits per heavy atom. The average molecular weight is 371 g/mol. The number of carbonyl (C=O) groups is 1. The van der Waals surface area contributed by atoms with E-state index in [1.165, 1.54) is 4.68 Å². The molecule has 0 spiro atoms.